The zero-order valence-electron chi connectivity index (χ0n) is 15.6. The zero-order valence-corrected chi connectivity index (χ0v) is 16.4. The fourth-order valence-corrected chi connectivity index (χ4v) is 3.48. The van der Waals surface area contributed by atoms with Gasteiger partial charge in [0.05, 0.1) is 40.8 Å². The number of benzene rings is 1. The topological polar surface area (TPSA) is 80.0 Å². The zero-order chi connectivity index (χ0) is 20.9. The van der Waals surface area contributed by atoms with Gasteiger partial charge in [-0.3, -0.25) is 4.79 Å². The van der Waals surface area contributed by atoms with Gasteiger partial charge in [0.25, 0.3) is 5.91 Å². The second kappa shape index (κ2) is 6.93. The first-order valence-corrected chi connectivity index (χ1v) is 9.19. The van der Waals surface area contributed by atoms with Crippen molar-refractivity contribution in [2.45, 2.75) is 33.0 Å². The maximum absolute atomic E-state index is 13.5. The Morgan fingerprint density at radius 1 is 1.31 bits per heavy atom. The van der Waals surface area contributed by atoms with Crippen LogP contribution < -0.4 is 4.74 Å². The molecule has 4 rings (SSSR count). The molecule has 10 heteroatoms. The Morgan fingerprint density at radius 3 is 2.76 bits per heavy atom. The van der Waals surface area contributed by atoms with Crippen LogP contribution in [-0.2, 0) is 13.1 Å². The van der Waals surface area contributed by atoms with E-state index in [0.717, 1.165) is 11.3 Å². The standard InChI is InChI=1S/C19H17ClF2N4O3/c1-10-16(20)11(2)26-17(23-10)13-7-25(8-14(13)24-26)18(28)12-5-3-4-6-15(12)29-19(21,22)9-27/h3-6,27H,7-9H2,1-2H3. The fraction of sp³-hybridized carbons (Fsp3) is 0.316. The normalized spacial score (nSPS) is 13.8. The van der Waals surface area contributed by atoms with E-state index in [1.54, 1.807) is 17.5 Å². The number of halogens is 3. The third-order valence-electron chi connectivity index (χ3n) is 4.80. The van der Waals surface area contributed by atoms with Crippen LogP contribution in [0.4, 0.5) is 8.78 Å². The first-order valence-electron chi connectivity index (χ1n) is 8.81. The molecule has 1 N–H and O–H groups in total. The number of rotatable bonds is 4. The van der Waals surface area contributed by atoms with Crippen molar-refractivity contribution in [2.24, 2.45) is 0 Å². The molecule has 29 heavy (non-hydrogen) atoms. The lowest BCUT2D eigenvalue weighted by Crippen LogP contribution is -2.31. The second-order valence-corrected chi connectivity index (χ2v) is 7.19. The molecule has 0 bridgehead atoms. The number of para-hydroxylation sites is 1. The van der Waals surface area contributed by atoms with E-state index in [9.17, 15) is 13.6 Å². The molecular weight excluding hydrogens is 406 g/mol. The molecule has 1 aromatic carbocycles. The Balaban J connectivity index is 1.65. The van der Waals surface area contributed by atoms with E-state index in [4.69, 9.17) is 16.7 Å². The highest BCUT2D eigenvalue weighted by molar-refractivity contribution is 6.31. The van der Waals surface area contributed by atoms with E-state index < -0.39 is 18.6 Å². The highest BCUT2D eigenvalue weighted by Gasteiger charge is 2.35. The molecule has 0 aliphatic carbocycles. The molecule has 1 aliphatic rings. The smallest absolute Gasteiger partial charge is 0.421 e. The number of hydrogen-bond acceptors (Lipinski definition) is 5. The van der Waals surface area contributed by atoms with E-state index in [0.29, 0.717) is 22.1 Å². The minimum Gasteiger partial charge on any atom is -0.430 e. The molecule has 152 valence electrons. The number of ether oxygens (including phenoxy) is 1. The summed E-state index contributed by atoms with van der Waals surface area (Å²) < 4.78 is 33.2. The number of aryl methyl sites for hydroxylation is 2. The van der Waals surface area contributed by atoms with Crippen molar-refractivity contribution >= 4 is 23.2 Å². The van der Waals surface area contributed by atoms with Crippen molar-refractivity contribution in [1.82, 2.24) is 19.5 Å². The maximum Gasteiger partial charge on any atom is 0.421 e. The average molecular weight is 423 g/mol. The number of aliphatic hydroxyl groups is 1. The van der Waals surface area contributed by atoms with Crippen LogP contribution in [0.25, 0.3) is 5.65 Å². The number of amides is 1. The quantitative estimate of drug-likeness (QED) is 0.698. The van der Waals surface area contributed by atoms with Gasteiger partial charge in [-0.2, -0.15) is 13.9 Å². The van der Waals surface area contributed by atoms with E-state index in [2.05, 4.69) is 14.8 Å². The third kappa shape index (κ3) is 3.30. The SMILES string of the molecule is Cc1nc2c3c(nn2c(C)c1Cl)CN(C(=O)c1ccccc1OC(F)(F)CO)C3. The molecule has 1 amide bonds. The van der Waals surface area contributed by atoms with Crippen LogP contribution in [0.5, 0.6) is 5.75 Å². The van der Waals surface area contributed by atoms with Crippen molar-refractivity contribution in [3.63, 3.8) is 0 Å². The van der Waals surface area contributed by atoms with E-state index in [-0.39, 0.29) is 24.4 Å². The molecular formula is C19H17ClF2N4O3. The van der Waals surface area contributed by atoms with Crippen molar-refractivity contribution in [3.05, 3.63) is 57.5 Å². The molecule has 0 saturated heterocycles. The Labute approximate surface area is 169 Å². The summed E-state index contributed by atoms with van der Waals surface area (Å²) in [6, 6.07) is 5.70. The van der Waals surface area contributed by atoms with E-state index in [1.165, 1.54) is 23.1 Å². The fourth-order valence-electron chi connectivity index (χ4n) is 3.35. The molecule has 0 spiro atoms. The molecule has 3 heterocycles. The number of hydrogen-bond donors (Lipinski definition) is 1. The van der Waals surface area contributed by atoms with Crippen molar-refractivity contribution in [2.75, 3.05) is 6.61 Å². The lowest BCUT2D eigenvalue weighted by molar-refractivity contribution is -0.201. The maximum atomic E-state index is 13.5. The van der Waals surface area contributed by atoms with Gasteiger partial charge in [0, 0.05) is 5.56 Å². The van der Waals surface area contributed by atoms with Gasteiger partial charge in [-0.15, -0.1) is 0 Å². The summed E-state index contributed by atoms with van der Waals surface area (Å²) >= 11 is 6.24. The van der Waals surface area contributed by atoms with Gasteiger partial charge >= 0.3 is 6.11 Å². The molecule has 2 aromatic heterocycles. The predicted octanol–water partition coefficient (Wildman–Crippen LogP) is 3.12. The minimum absolute atomic E-state index is 0.0221. The van der Waals surface area contributed by atoms with Gasteiger partial charge < -0.3 is 14.7 Å². The van der Waals surface area contributed by atoms with Crippen LogP contribution in [0, 0.1) is 13.8 Å². The molecule has 3 aromatic rings. The number of nitrogens with zero attached hydrogens (tertiary/aromatic N) is 4. The number of alkyl halides is 2. The number of carbonyl (C=O) groups excluding carboxylic acids is 1. The Hall–Kier alpha value is -2.78. The summed E-state index contributed by atoms with van der Waals surface area (Å²) in [5.74, 6) is -0.778. The van der Waals surface area contributed by atoms with E-state index in [1.807, 2.05) is 6.92 Å². The summed E-state index contributed by atoms with van der Waals surface area (Å²) in [6.45, 7) is 2.58. The molecule has 0 saturated carbocycles. The van der Waals surface area contributed by atoms with Crippen LogP contribution in [0.15, 0.2) is 24.3 Å². The number of aliphatic hydroxyl groups excluding tert-OH is 1. The summed E-state index contributed by atoms with van der Waals surface area (Å²) in [7, 11) is 0. The number of carbonyl (C=O) groups is 1. The summed E-state index contributed by atoms with van der Waals surface area (Å²) in [6.07, 6.45) is -3.79. The highest BCUT2D eigenvalue weighted by Crippen LogP contribution is 2.32. The summed E-state index contributed by atoms with van der Waals surface area (Å²) in [5, 5.41) is 13.8. The molecule has 0 unspecified atom stereocenters. The molecule has 7 nitrogen and oxygen atoms in total. The van der Waals surface area contributed by atoms with E-state index >= 15 is 0 Å². The lowest BCUT2D eigenvalue weighted by atomic mass is 10.1. The Morgan fingerprint density at radius 2 is 2.03 bits per heavy atom. The molecule has 1 aliphatic heterocycles. The predicted molar refractivity (Wildman–Crippen MR) is 100 cm³/mol. The van der Waals surface area contributed by atoms with Crippen LogP contribution in [0.2, 0.25) is 5.02 Å². The third-order valence-corrected chi connectivity index (χ3v) is 5.35. The Kier molecular flexibility index (Phi) is 4.66. The van der Waals surface area contributed by atoms with Gasteiger partial charge in [0.15, 0.2) is 5.65 Å². The second-order valence-electron chi connectivity index (χ2n) is 6.81. The van der Waals surface area contributed by atoms with Crippen LogP contribution in [0.1, 0.15) is 33.0 Å². The van der Waals surface area contributed by atoms with Gasteiger partial charge in [0.2, 0.25) is 0 Å². The average Bonchev–Trinajstić information content (AvgIpc) is 3.25. The van der Waals surface area contributed by atoms with Crippen molar-refractivity contribution in [3.8, 4) is 5.75 Å². The molecule has 0 fully saturated rings. The van der Waals surface area contributed by atoms with Crippen molar-refractivity contribution < 1.29 is 23.4 Å². The first kappa shape index (κ1) is 19.5. The molecule has 0 atom stereocenters. The largest absolute Gasteiger partial charge is 0.430 e. The summed E-state index contributed by atoms with van der Waals surface area (Å²) in [5.41, 5.74) is 3.48. The van der Waals surface area contributed by atoms with Crippen LogP contribution >= 0.6 is 11.6 Å². The van der Waals surface area contributed by atoms with Crippen LogP contribution in [-0.4, -0.2) is 43.2 Å². The van der Waals surface area contributed by atoms with Gasteiger partial charge in [-0.25, -0.2) is 9.50 Å². The van der Waals surface area contributed by atoms with Gasteiger partial charge in [-0.1, -0.05) is 23.7 Å². The van der Waals surface area contributed by atoms with Gasteiger partial charge in [0.1, 0.15) is 12.4 Å². The lowest BCUT2D eigenvalue weighted by Gasteiger charge is -2.21. The first-order chi connectivity index (χ1) is 13.7. The van der Waals surface area contributed by atoms with Crippen LogP contribution in [0.3, 0.4) is 0 Å². The summed E-state index contributed by atoms with van der Waals surface area (Å²) in [4.78, 5) is 19.0. The van der Waals surface area contributed by atoms with Gasteiger partial charge in [-0.05, 0) is 26.0 Å². The Bertz CT molecular complexity index is 1130. The number of aromatic nitrogens is 3. The van der Waals surface area contributed by atoms with Crippen molar-refractivity contribution in [1.29, 1.82) is 0 Å². The molecule has 0 radical (unpaired) electrons. The number of fused-ring (bicyclic) bond motifs is 3. The highest BCUT2D eigenvalue weighted by atomic mass is 35.5. The monoisotopic (exact) mass is 422 g/mol. The minimum atomic E-state index is -3.79.